The van der Waals surface area contributed by atoms with Gasteiger partial charge < -0.3 is 4.74 Å². The lowest BCUT2D eigenvalue weighted by molar-refractivity contribution is -0.128. The van der Waals surface area contributed by atoms with E-state index in [-0.39, 0.29) is 11.9 Å². The smallest absolute Gasteiger partial charge is 0.166 e. The molecule has 0 spiro atoms. The molecule has 0 saturated heterocycles. The standard InChI is InChI=1S/C11H15BrO2S/c1-3-4-10(14-2)9(13)7-11-8(12)5-6-15-11/h5-6,10H,3-4,7H2,1-2H3. The lowest BCUT2D eigenvalue weighted by Crippen LogP contribution is -2.24. The number of methoxy groups -OCH3 is 1. The third-order valence-electron chi connectivity index (χ3n) is 2.22. The van der Waals surface area contributed by atoms with Crippen LogP contribution in [-0.2, 0) is 16.0 Å². The number of hydrogen-bond donors (Lipinski definition) is 0. The van der Waals surface area contributed by atoms with Crippen LogP contribution in [0.15, 0.2) is 15.9 Å². The van der Waals surface area contributed by atoms with Crippen molar-refractivity contribution in [1.29, 1.82) is 0 Å². The molecule has 1 heterocycles. The number of rotatable bonds is 6. The van der Waals surface area contributed by atoms with Crippen LogP contribution in [0, 0.1) is 0 Å². The predicted octanol–water partition coefficient (Wildman–Crippen LogP) is 3.44. The molecule has 0 bridgehead atoms. The molecule has 1 aromatic rings. The molecule has 0 amide bonds. The topological polar surface area (TPSA) is 26.3 Å². The van der Waals surface area contributed by atoms with Gasteiger partial charge in [0.2, 0.25) is 0 Å². The molecule has 2 nitrogen and oxygen atoms in total. The van der Waals surface area contributed by atoms with Crippen molar-refractivity contribution in [3.8, 4) is 0 Å². The summed E-state index contributed by atoms with van der Waals surface area (Å²) in [6, 6.07) is 1.97. The number of carbonyl (C=O) groups excluding carboxylic acids is 1. The first-order valence-corrected chi connectivity index (χ1v) is 6.63. The van der Waals surface area contributed by atoms with Crippen LogP contribution in [-0.4, -0.2) is 19.0 Å². The fraction of sp³-hybridized carbons (Fsp3) is 0.545. The Morgan fingerprint density at radius 2 is 2.40 bits per heavy atom. The number of ether oxygens (including phenoxy) is 1. The van der Waals surface area contributed by atoms with Crippen LogP contribution in [0.25, 0.3) is 0 Å². The molecule has 4 heteroatoms. The average Bonchev–Trinajstić information content (AvgIpc) is 2.60. The highest BCUT2D eigenvalue weighted by atomic mass is 79.9. The van der Waals surface area contributed by atoms with Gasteiger partial charge in [0.25, 0.3) is 0 Å². The van der Waals surface area contributed by atoms with E-state index in [4.69, 9.17) is 4.74 Å². The van der Waals surface area contributed by atoms with Gasteiger partial charge in [0.15, 0.2) is 5.78 Å². The Hall–Kier alpha value is -0.190. The molecule has 0 aliphatic carbocycles. The Morgan fingerprint density at radius 1 is 1.67 bits per heavy atom. The van der Waals surface area contributed by atoms with Crippen LogP contribution in [0.5, 0.6) is 0 Å². The number of hydrogen-bond acceptors (Lipinski definition) is 3. The summed E-state index contributed by atoms with van der Waals surface area (Å²) in [7, 11) is 1.60. The summed E-state index contributed by atoms with van der Waals surface area (Å²) in [6.45, 7) is 2.06. The van der Waals surface area contributed by atoms with E-state index in [1.54, 1.807) is 18.4 Å². The minimum absolute atomic E-state index is 0.169. The van der Waals surface area contributed by atoms with E-state index >= 15 is 0 Å². The first kappa shape index (κ1) is 12.9. The van der Waals surface area contributed by atoms with Gasteiger partial charge in [-0.15, -0.1) is 11.3 Å². The van der Waals surface area contributed by atoms with Crippen molar-refractivity contribution in [3.05, 3.63) is 20.8 Å². The molecule has 0 aliphatic heterocycles. The Kier molecular flexibility index (Phi) is 5.50. The lowest BCUT2D eigenvalue weighted by atomic mass is 10.1. The van der Waals surface area contributed by atoms with Crippen LogP contribution >= 0.6 is 27.3 Å². The second kappa shape index (κ2) is 6.40. The molecule has 0 N–H and O–H groups in total. The Morgan fingerprint density at radius 3 is 2.87 bits per heavy atom. The van der Waals surface area contributed by atoms with Gasteiger partial charge in [0, 0.05) is 22.9 Å². The van der Waals surface area contributed by atoms with E-state index in [1.165, 1.54) is 0 Å². The Balaban J connectivity index is 2.58. The molecule has 0 fully saturated rings. The van der Waals surface area contributed by atoms with E-state index in [9.17, 15) is 4.79 Å². The molecular weight excluding hydrogens is 276 g/mol. The highest BCUT2D eigenvalue weighted by molar-refractivity contribution is 9.10. The second-order valence-corrected chi connectivity index (χ2v) is 5.20. The SMILES string of the molecule is CCCC(OC)C(=O)Cc1sccc1Br. The van der Waals surface area contributed by atoms with Gasteiger partial charge >= 0.3 is 0 Å². The van der Waals surface area contributed by atoms with Gasteiger partial charge in [-0.05, 0) is 33.8 Å². The summed E-state index contributed by atoms with van der Waals surface area (Å²) >= 11 is 5.02. The van der Waals surface area contributed by atoms with Crippen molar-refractivity contribution in [2.45, 2.75) is 32.3 Å². The minimum Gasteiger partial charge on any atom is -0.374 e. The van der Waals surface area contributed by atoms with Gasteiger partial charge in [-0.3, -0.25) is 4.79 Å². The second-order valence-electron chi connectivity index (χ2n) is 3.35. The molecule has 0 aliphatic rings. The van der Waals surface area contributed by atoms with Gasteiger partial charge in [-0.25, -0.2) is 0 Å². The van der Waals surface area contributed by atoms with Crippen LogP contribution in [0.4, 0.5) is 0 Å². The predicted molar refractivity (Wildman–Crippen MR) is 66.4 cm³/mol. The first-order valence-electron chi connectivity index (χ1n) is 4.96. The molecule has 1 aromatic heterocycles. The number of carbonyl (C=O) groups is 1. The number of halogens is 1. The molecule has 0 aromatic carbocycles. The largest absolute Gasteiger partial charge is 0.374 e. The summed E-state index contributed by atoms with van der Waals surface area (Å²) in [5, 5.41) is 1.98. The maximum Gasteiger partial charge on any atom is 0.166 e. The molecular formula is C11H15BrO2S. The zero-order valence-corrected chi connectivity index (χ0v) is 11.4. The Bertz CT molecular complexity index is 322. The number of thiophene rings is 1. The van der Waals surface area contributed by atoms with Gasteiger partial charge in [-0.2, -0.15) is 0 Å². The van der Waals surface area contributed by atoms with E-state index in [0.717, 1.165) is 22.2 Å². The summed E-state index contributed by atoms with van der Waals surface area (Å²) in [6.07, 6.45) is 1.99. The fourth-order valence-electron chi connectivity index (χ4n) is 1.40. The van der Waals surface area contributed by atoms with Gasteiger partial charge in [-0.1, -0.05) is 13.3 Å². The molecule has 0 saturated carbocycles. The van der Waals surface area contributed by atoms with Crippen molar-refractivity contribution in [1.82, 2.24) is 0 Å². The molecule has 0 radical (unpaired) electrons. The van der Waals surface area contributed by atoms with Crippen molar-refractivity contribution in [3.63, 3.8) is 0 Å². The first-order chi connectivity index (χ1) is 7.19. The minimum atomic E-state index is -0.246. The van der Waals surface area contributed by atoms with E-state index in [2.05, 4.69) is 22.9 Å². The molecule has 84 valence electrons. The van der Waals surface area contributed by atoms with Crippen LogP contribution in [0.3, 0.4) is 0 Å². The summed E-state index contributed by atoms with van der Waals surface area (Å²) in [4.78, 5) is 12.9. The van der Waals surface area contributed by atoms with E-state index in [1.807, 2.05) is 11.4 Å². The van der Waals surface area contributed by atoms with E-state index < -0.39 is 0 Å². The van der Waals surface area contributed by atoms with E-state index in [0.29, 0.717) is 6.42 Å². The maximum atomic E-state index is 11.8. The normalized spacial score (nSPS) is 12.7. The average molecular weight is 291 g/mol. The quantitative estimate of drug-likeness (QED) is 0.802. The highest BCUT2D eigenvalue weighted by Crippen LogP contribution is 2.24. The number of Topliss-reactive ketones (excluding diaryl/α,β-unsaturated/α-hetero) is 1. The molecule has 1 atom stereocenters. The van der Waals surface area contributed by atoms with Crippen molar-refractivity contribution in [2.24, 2.45) is 0 Å². The third kappa shape index (κ3) is 3.70. The molecule has 15 heavy (non-hydrogen) atoms. The highest BCUT2D eigenvalue weighted by Gasteiger charge is 2.18. The van der Waals surface area contributed by atoms with Crippen LogP contribution in [0.1, 0.15) is 24.6 Å². The summed E-state index contributed by atoms with van der Waals surface area (Å²) in [5.74, 6) is 0.169. The van der Waals surface area contributed by atoms with Crippen molar-refractivity contribution in [2.75, 3.05) is 7.11 Å². The van der Waals surface area contributed by atoms with Gasteiger partial charge in [0.1, 0.15) is 6.10 Å². The third-order valence-corrected chi connectivity index (χ3v) is 4.15. The van der Waals surface area contributed by atoms with Crippen molar-refractivity contribution >= 4 is 33.0 Å². The van der Waals surface area contributed by atoms with Crippen LogP contribution in [0.2, 0.25) is 0 Å². The Labute approximate surface area is 103 Å². The van der Waals surface area contributed by atoms with Gasteiger partial charge in [0.05, 0.1) is 0 Å². The monoisotopic (exact) mass is 290 g/mol. The molecule has 1 unspecified atom stereocenters. The van der Waals surface area contributed by atoms with Crippen molar-refractivity contribution < 1.29 is 9.53 Å². The molecule has 1 rings (SSSR count). The number of ketones is 1. The summed E-state index contributed by atoms with van der Waals surface area (Å²) in [5.41, 5.74) is 0. The zero-order valence-electron chi connectivity index (χ0n) is 8.96. The maximum absolute atomic E-state index is 11.8. The fourth-order valence-corrected chi connectivity index (χ4v) is 2.90. The lowest BCUT2D eigenvalue weighted by Gasteiger charge is -2.12. The van der Waals surface area contributed by atoms with Crippen LogP contribution < -0.4 is 0 Å². The summed E-state index contributed by atoms with van der Waals surface area (Å²) < 4.78 is 6.20. The zero-order chi connectivity index (χ0) is 11.3.